The van der Waals surface area contributed by atoms with Crippen molar-refractivity contribution in [2.75, 3.05) is 19.7 Å². The molecule has 0 atom stereocenters. The van der Waals surface area contributed by atoms with Gasteiger partial charge in [-0.05, 0) is 55.5 Å². The van der Waals surface area contributed by atoms with E-state index in [1.54, 1.807) is 0 Å². The van der Waals surface area contributed by atoms with Gasteiger partial charge in [-0.15, -0.1) is 0 Å². The van der Waals surface area contributed by atoms with Crippen LogP contribution in [0.3, 0.4) is 0 Å². The number of nitrogens with one attached hydrogen (secondary N) is 1. The molecule has 4 heteroatoms. The zero-order chi connectivity index (χ0) is 21.3. The highest BCUT2D eigenvalue weighted by Gasteiger charge is 1.99. The molecule has 0 saturated carbocycles. The van der Waals surface area contributed by atoms with Crippen LogP contribution in [0.2, 0.25) is 0 Å². The molecule has 0 amide bonds. The molecular formula is C26H37NO3. The number of unbranched alkanes of at least 4 members (excludes halogenated alkanes) is 6. The Bertz CT molecular complexity index is 685. The zero-order valence-corrected chi connectivity index (χ0v) is 18.2. The molecule has 0 heterocycles. The average Bonchev–Trinajstić information content (AvgIpc) is 2.76. The molecule has 0 aliphatic rings. The second kappa shape index (κ2) is 15.5. The van der Waals surface area contributed by atoms with Crippen LogP contribution in [0.5, 0.6) is 5.75 Å². The number of rotatable bonds is 17. The first-order valence-corrected chi connectivity index (χ1v) is 11.4. The number of carboxylic acids is 1. The van der Waals surface area contributed by atoms with Crippen molar-refractivity contribution in [3.8, 4) is 5.75 Å². The van der Waals surface area contributed by atoms with Gasteiger partial charge in [-0.1, -0.05) is 74.6 Å². The van der Waals surface area contributed by atoms with Gasteiger partial charge in [-0.2, -0.15) is 0 Å². The molecule has 2 rings (SSSR count). The second-order valence-corrected chi connectivity index (χ2v) is 7.85. The molecule has 2 N–H and O–H groups in total. The number of carboxylic acid groups (broad SMARTS) is 1. The molecule has 0 fully saturated rings. The lowest BCUT2D eigenvalue weighted by Crippen LogP contribution is -2.20. The summed E-state index contributed by atoms with van der Waals surface area (Å²) in [5.41, 5.74) is 2.69. The maximum Gasteiger partial charge on any atom is 0.304 e. The normalized spacial score (nSPS) is 10.8. The number of ether oxygens (including phenoxy) is 1. The Balaban J connectivity index is 1.41. The highest BCUT2D eigenvalue weighted by Crippen LogP contribution is 2.14. The van der Waals surface area contributed by atoms with E-state index in [1.165, 1.54) is 56.1 Å². The molecule has 0 radical (unpaired) electrons. The van der Waals surface area contributed by atoms with Crippen LogP contribution in [-0.4, -0.2) is 30.8 Å². The predicted octanol–water partition coefficient (Wildman–Crippen LogP) is 5.65. The van der Waals surface area contributed by atoms with Crippen molar-refractivity contribution in [2.24, 2.45) is 0 Å². The van der Waals surface area contributed by atoms with Crippen LogP contribution in [0.15, 0.2) is 54.6 Å². The van der Waals surface area contributed by atoms with E-state index in [4.69, 9.17) is 9.84 Å². The lowest BCUT2D eigenvalue weighted by Gasteiger charge is -2.08. The third-order valence-electron chi connectivity index (χ3n) is 5.25. The van der Waals surface area contributed by atoms with Crippen LogP contribution in [0.25, 0.3) is 0 Å². The summed E-state index contributed by atoms with van der Waals surface area (Å²) >= 11 is 0. The third-order valence-corrected chi connectivity index (χ3v) is 5.25. The van der Waals surface area contributed by atoms with Crippen molar-refractivity contribution >= 4 is 5.97 Å². The lowest BCUT2D eigenvalue weighted by molar-refractivity contribution is -0.136. The standard InChI is InChI=1S/C26H37NO3/c28-26(29)19-21-27-20-18-24-14-16-25(17-15-24)30-22-10-5-3-1-2-4-7-11-23-12-8-6-9-13-23/h6,8-9,12-17,27H,1-5,7,10-11,18-22H2,(H,28,29). The molecule has 0 aliphatic heterocycles. The minimum Gasteiger partial charge on any atom is -0.494 e. The van der Waals surface area contributed by atoms with E-state index in [1.807, 2.05) is 12.1 Å². The Morgan fingerprint density at radius 1 is 0.733 bits per heavy atom. The van der Waals surface area contributed by atoms with E-state index in [0.717, 1.165) is 31.7 Å². The van der Waals surface area contributed by atoms with E-state index in [2.05, 4.69) is 47.8 Å². The summed E-state index contributed by atoms with van der Waals surface area (Å²) in [4.78, 5) is 10.5. The van der Waals surface area contributed by atoms with Crippen molar-refractivity contribution < 1.29 is 14.6 Å². The largest absolute Gasteiger partial charge is 0.494 e. The maximum atomic E-state index is 10.5. The van der Waals surface area contributed by atoms with Crippen LogP contribution in [0.4, 0.5) is 0 Å². The summed E-state index contributed by atoms with van der Waals surface area (Å²) in [5, 5.41) is 11.7. The number of benzene rings is 2. The molecule has 30 heavy (non-hydrogen) atoms. The molecule has 2 aromatic carbocycles. The molecule has 2 aromatic rings. The molecular weight excluding hydrogens is 374 g/mol. The lowest BCUT2D eigenvalue weighted by atomic mass is 10.0. The molecule has 0 aromatic heterocycles. The Hall–Kier alpha value is -2.33. The number of carbonyl (C=O) groups is 1. The maximum absolute atomic E-state index is 10.5. The van der Waals surface area contributed by atoms with Gasteiger partial charge in [-0.3, -0.25) is 4.79 Å². The first-order valence-electron chi connectivity index (χ1n) is 11.4. The van der Waals surface area contributed by atoms with Gasteiger partial charge in [0.25, 0.3) is 0 Å². The van der Waals surface area contributed by atoms with E-state index < -0.39 is 5.97 Å². The summed E-state index contributed by atoms with van der Waals surface area (Å²) in [6.07, 6.45) is 11.2. The van der Waals surface area contributed by atoms with E-state index in [0.29, 0.717) is 6.54 Å². The average molecular weight is 412 g/mol. The van der Waals surface area contributed by atoms with Gasteiger partial charge < -0.3 is 15.2 Å². The number of hydrogen-bond acceptors (Lipinski definition) is 3. The quantitative estimate of drug-likeness (QED) is 0.331. The molecule has 0 saturated heterocycles. The number of aryl methyl sites for hydroxylation is 1. The van der Waals surface area contributed by atoms with Crippen molar-refractivity contribution in [3.63, 3.8) is 0 Å². The van der Waals surface area contributed by atoms with Gasteiger partial charge in [0.1, 0.15) is 5.75 Å². The van der Waals surface area contributed by atoms with Gasteiger partial charge in [0.2, 0.25) is 0 Å². The highest BCUT2D eigenvalue weighted by molar-refractivity contribution is 5.66. The molecule has 0 aliphatic carbocycles. The van der Waals surface area contributed by atoms with Crippen LogP contribution < -0.4 is 10.1 Å². The van der Waals surface area contributed by atoms with Crippen molar-refractivity contribution in [2.45, 2.75) is 64.2 Å². The Labute approximate surface area is 181 Å². The fourth-order valence-electron chi connectivity index (χ4n) is 3.46. The first-order chi connectivity index (χ1) is 14.7. The zero-order valence-electron chi connectivity index (χ0n) is 18.2. The number of aliphatic carboxylic acids is 1. The Kier molecular flexibility index (Phi) is 12.4. The van der Waals surface area contributed by atoms with Crippen LogP contribution in [0, 0.1) is 0 Å². The summed E-state index contributed by atoms with van der Waals surface area (Å²) in [5.74, 6) is 0.168. The van der Waals surface area contributed by atoms with Crippen LogP contribution >= 0.6 is 0 Å². The Morgan fingerprint density at radius 2 is 1.37 bits per heavy atom. The molecule has 0 unspecified atom stereocenters. The summed E-state index contributed by atoms with van der Waals surface area (Å²) < 4.78 is 5.84. The smallest absolute Gasteiger partial charge is 0.304 e. The third kappa shape index (κ3) is 11.6. The van der Waals surface area contributed by atoms with Crippen molar-refractivity contribution in [1.82, 2.24) is 5.32 Å². The predicted molar refractivity (Wildman–Crippen MR) is 123 cm³/mol. The highest BCUT2D eigenvalue weighted by atomic mass is 16.5. The Morgan fingerprint density at radius 3 is 2.07 bits per heavy atom. The van der Waals surface area contributed by atoms with E-state index in [-0.39, 0.29) is 6.42 Å². The first kappa shape index (κ1) is 23.9. The van der Waals surface area contributed by atoms with Crippen LogP contribution in [-0.2, 0) is 17.6 Å². The minimum atomic E-state index is -0.761. The van der Waals surface area contributed by atoms with Gasteiger partial charge in [0.15, 0.2) is 0 Å². The monoisotopic (exact) mass is 411 g/mol. The fourth-order valence-corrected chi connectivity index (χ4v) is 3.46. The molecule has 0 bridgehead atoms. The van der Waals surface area contributed by atoms with E-state index in [9.17, 15) is 4.79 Å². The minimum absolute atomic E-state index is 0.168. The van der Waals surface area contributed by atoms with Gasteiger partial charge in [0.05, 0.1) is 13.0 Å². The molecule has 0 spiro atoms. The van der Waals surface area contributed by atoms with Gasteiger partial charge >= 0.3 is 5.97 Å². The summed E-state index contributed by atoms with van der Waals surface area (Å²) in [7, 11) is 0. The number of hydrogen-bond donors (Lipinski definition) is 2. The molecule has 4 nitrogen and oxygen atoms in total. The topological polar surface area (TPSA) is 58.6 Å². The SMILES string of the molecule is O=C(O)CCNCCc1ccc(OCCCCCCCCCc2ccccc2)cc1. The fraction of sp³-hybridized carbons (Fsp3) is 0.500. The summed E-state index contributed by atoms with van der Waals surface area (Å²) in [6.45, 7) is 2.09. The second-order valence-electron chi connectivity index (χ2n) is 7.85. The van der Waals surface area contributed by atoms with Crippen molar-refractivity contribution in [3.05, 3.63) is 65.7 Å². The van der Waals surface area contributed by atoms with E-state index >= 15 is 0 Å². The summed E-state index contributed by atoms with van der Waals surface area (Å²) in [6, 6.07) is 19.0. The van der Waals surface area contributed by atoms with Crippen molar-refractivity contribution in [1.29, 1.82) is 0 Å². The van der Waals surface area contributed by atoms with Gasteiger partial charge in [0, 0.05) is 6.54 Å². The van der Waals surface area contributed by atoms with Gasteiger partial charge in [-0.25, -0.2) is 0 Å². The van der Waals surface area contributed by atoms with Crippen LogP contribution in [0.1, 0.15) is 62.5 Å². The molecule has 164 valence electrons.